The molecule has 1 unspecified atom stereocenters. The molecular formula is C78H111N3O17Si2. The van der Waals surface area contributed by atoms with E-state index in [1.807, 2.05) is 67.6 Å². The number of ketones is 1. The van der Waals surface area contributed by atoms with Gasteiger partial charge >= 0.3 is 5.97 Å². The second kappa shape index (κ2) is 36.5. The van der Waals surface area contributed by atoms with Crippen LogP contribution in [0.3, 0.4) is 0 Å². The number of esters is 1. The molecule has 0 bridgehead atoms. The average Bonchev–Trinajstić information content (AvgIpc) is 1.03. The second-order valence-corrected chi connectivity index (χ2v) is 37.9. The standard InChI is InChI=1S/C78H111N3O17Si2/c1-22-31-65(84-14)55(7)78(98-99(20,21)76(8,9)10,45-68(87-17)51(3)38-40-64(54(6)72-52(4)42-71(88-18)95-72)94-50-90-46-56-39-41-66(85-15)67(43-56)86-16)96-70(83)44-57(97-100(77(11,12)13,58-33-26-24-27-34-58)59-35-28-25-29-36-59)32-30-37-63(82)53(5)73(89-19)60-47-92-75(80-60)62-49-93-74(81-62)61-48-91-69(23-2)79-61/h22-30,33-37,39,41,43,47-49,51-55,57,64-65,68,71-73H,1-2,31-32,38,40,42,44-46,50H2,3-21H3/b37-30+/t51-,52+,53-,54-,55+,57-,64+,65-,68-,71?,72+,73-,78-/m0/s1. The number of hydrogen-bond donors (Lipinski definition) is 0. The number of hydrogen-bond acceptors (Lipinski definition) is 20. The van der Waals surface area contributed by atoms with Crippen LogP contribution < -0.4 is 19.8 Å². The van der Waals surface area contributed by atoms with Crippen molar-refractivity contribution in [3.05, 3.63) is 146 Å². The number of benzene rings is 3. The van der Waals surface area contributed by atoms with Gasteiger partial charge in [-0.2, -0.15) is 0 Å². The SMILES string of the molecule is C=CC[C@H](OC)[C@@H](C)[C@@](C[C@H](OC)[C@@H](C)CC[C@@H](OCOCc1ccc(OC)c(OC)c1)[C@H](C)[C@@H]1OC(OC)C[C@H]1C)(OC(=O)C[C@H](C/C=C/C(=O)[C@H](C)[C@H](OC)c1coc(-c2coc(-c3coc(C=C)n3)n2)n1)O[Si](c1ccccc1)(c1ccccc1)C(C)(C)C)O[Si](C)(C)C(C)(C)C. The summed E-state index contributed by atoms with van der Waals surface area (Å²) in [5.41, 5.74) is 1.95. The molecule has 1 saturated heterocycles. The lowest BCUT2D eigenvalue weighted by atomic mass is 9.82. The Morgan fingerprint density at radius 2 is 1.35 bits per heavy atom. The highest BCUT2D eigenvalue weighted by Crippen LogP contribution is 2.47. The third kappa shape index (κ3) is 19.9. The van der Waals surface area contributed by atoms with Gasteiger partial charge in [-0.3, -0.25) is 9.59 Å². The van der Waals surface area contributed by atoms with Crippen molar-refractivity contribution in [3.8, 4) is 34.7 Å². The molecule has 100 heavy (non-hydrogen) atoms. The molecule has 1 fully saturated rings. The predicted octanol–water partition coefficient (Wildman–Crippen LogP) is 15.7. The van der Waals surface area contributed by atoms with Gasteiger partial charge in [0.05, 0.1) is 63.7 Å². The predicted molar refractivity (Wildman–Crippen MR) is 391 cm³/mol. The van der Waals surface area contributed by atoms with E-state index in [-0.39, 0.29) is 91.5 Å². The number of aromatic nitrogens is 3. The Labute approximate surface area is 595 Å². The molecule has 22 heteroatoms. The van der Waals surface area contributed by atoms with E-state index in [1.54, 1.807) is 48.5 Å². The fourth-order valence-corrected chi connectivity index (χ4v) is 19.4. The third-order valence-electron chi connectivity index (χ3n) is 20.1. The van der Waals surface area contributed by atoms with E-state index in [0.29, 0.717) is 53.7 Å². The number of allylic oxidation sites excluding steroid dienone is 1. The maximum Gasteiger partial charge on any atom is 0.310 e. The summed E-state index contributed by atoms with van der Waals surface area (Å²) in [6, 6.07) is 26.2. The van der Waals surface area contributed by atoms with Crippen LogP contribution in [0, 0.1) is 29.6 Å². The summed E-state index contributed by atoms with van der Waals surface area (Å²) in [6.07, 6.45) is 9.92. The minimum absolute atomic E-state index is 0.0300. The van der Waals surface area contributed by atoms with Crippen molar-refractivity contribution in [2.24, 2.45) is 29.6 Å². The van der Waals surface area contributed by atoms with Gasteiger partial charge in [0.2, 0.25) is 23.5 Å². The van der Waals surface area contributed by atoms with Crippen LogP contribution in [0.15, 0.2) is 142 Å². The van der Waals surface area contributed by atoms with Crippen LogP contribution in [0.2, 0.25) is 23.2 Å². The fraction of sp³-hybridized carbons (Fsp3) is 0.551. The summed E-state index contributed by atoms with van der Waals surface area (Å²) in [4.78, 5) is 44.1. The van der Waals surface area contributed by atoms with Gasteiger partial charge in [-0.25, -0.2) is 15.0 Å². The van der Waals surface area contributed by atoms with E-state index in [1.165, 1.54) is 38.1 Å². The topological polar surface area (TPSA) is 223 Å². The first kappa shape index (κ1) is 80.6. The van der Waals surface area contributed by atoms with Crippen molar-refractivity contribution in [2.45, 2.75) is 200 Å². The lowest BCUT2D eigenvalue weighted by Crippen LogP contribution is -2.67. The molecule has 1 aliphatic rings. The van der Waals surface area contributed by atoms with Crippen LogP contribution in [0.5, 0.6) is 11.5 Å². The Morgan fingerprint density at radius 3 is 1.92 bits per heavy atom. The Kier molecular flexibility index (Phi) is 29.4. The van der Waals surface area contributed by atoms with Crippen LogP contribution in [-0.4, -0.2) is 135 Å². The maximum absolute atomic E-state index is 16.0. The number of ether oxygens (including phenoxy) is 10. The monoisotopic (exact) mass is 1420 g/mol. The third-order valence-corrected chi connectivity index (χ3v) is 29.7. The van der Waals surface area contributed by atoms with Gasteiger partial charge in [0.1, 0.15) is 37.4 Å². The molecule has 0 aliphatic carbocycles. The largest absolute Gasteiger partial charge is 0.493 e. The summed E-state index contributed by atoms with van der Waals surface area (Å²) in [7, 11) is 3.48. The minimum atomic E-state index is -3.40. The number of carbonyl (C=O) groups excluding carboxylic acids is 2. The number of nitrogens with zero attached hydrogens (tertiary/aromatic N) is 3. The molecule has 0 amide bonds. The summed E-state index contributed by atoms with van der Waals surface area (Å²) in [6.45, 7) is 35.9. The number of rotatable bonds is 41. The average molecular weight is 1420 g/mol. The summed E-state index contributed by atoms with van der Waals surface area (Å²) in [5, 5.41) is 1.18. The first-order chi connectivity index (χ1) is 47.6. The highest BCUT2D eigenvalue weighted by molar-refractivity contribution is 6.99. The molecule has 1 aliphatic heterocycles. The lowest BCUT2D eigenvalue weighted by molar-refractivity contribution is -0.250. The molecule has 13 atom stereocenters. The van der Waals surface area contributed by atoms with E-state index < -0.39 is 69.7 Å². The fourth-order valence-electron chi connectivity index (χ4n) is 13.3. The minimum Gasteiger partial charge on any atom is -0.493 e. The van der Waals surface area contributed by atoms with Crippen LogP contribution in [0.1, 0.15) is 144 Å². The highest BCUT2D eigenvalue weighted by atomic mass is 28.4. The molecule has 0 spiro atoms. The van der Waals surface area contributed by atoms with E-state index in [9.17, 15) is 4.79 Å². The van der Waals surface area contributed by atoms with Gasteiger partial charge in [0.15, 0.2) is 43.3 Å². The zero-order chi connectivity index (χ0) is 73.2. The summed E-state index contributed by atoms with van der Waals surface area (Å²) < 4.78 is 95.0. The van der Waals surface area contributed by atoms with E-state index >= 15 is 4.79 Å². The first-order valence-corrected chi connectivity index (χ1v) is 39.6. The Bertz CT molecular complexity index is 3500. The Hall–Kier alpha value is -6.68. The molecular weight excluding hydrogens is 1310 g/mol. The number of methoxy groups -OCH3 is 6. The van der Waals surface area contributed by atoms with Gasteiger partial charge in [0, 0.05) is 53.1 Å². The molecule has 4 heterocycles. The Balaban J connectivity index is 1.23. The molecule has 20 nitrogen and oxygen atoms in total. The number of carbonyl (C=O) groups is 2. The van der Waals surface area contributed by atoms with Crippen LogP contribution in [-0.2, 0) is 62.9 Å². The van der Waals surface area contributed by atoms with Crippen LogP contribution in [0.4, 0.5) is 0 Å². The molecule has 548 valence electrons. The van der Waals surface area contributed by atoms with Gasteiger partial charge in [0.25, 0.3) is 8.32 Å². The van der Waals surface area contributed by atoms with Crippen LogP contribution >= 0.6 is 0 Å². The van der Waals surface area contributed by atoms with Crippen molar-refractivity contribution in [3.63, 3.8) is 0 Å². The number of oxazole rings is 3. The second-order valence-electron chi connectivity index (χ2n) is 29.0. The molecule has 3 aromatic carbocycles. The summed E-state index contributed by atoms with van der Waals surface area (Å²) >= 11 is 0. The Morgan fingerprint density at radius 1 is 0.720 bits per heavy atom. The highest BCUT2D eigenvalue weighted by Gasteiger charge is 2.55. The van der Waals surface area contributed by atoms with Crippen LogP contribution in [0.25, 0.3) is 29.2 Å². The van der Waals surface area contributed by atoms with Gasteiger partial charge in [-0.05, 0) is 101 Å². The molecule has 3 aromatic heterocycles. The summed E-state index contributed by atoms with van der Waals surface area (Å²) in [5.74, 6) is -1.85. The van der Waals surface area contributed by atoms with Gasteiger partial charge in [-0.15, -0.1) is 6.58 Å². The first-order valence-electron chi connectivity index (χ1n) is 34.7. The molecule has 0 radical (unpaired) electrons. The van der Waals surface area contributed by atoms with Crippen molar-refractivity contribution in [1.82, 2.24) is 15.0 Å². The zero-order valence-electron chi connectivity index (χ0n) is 62.5. The van der Waals surface area contributed by atoms with Crippen molar-refractivity contribution in [1.29, 1.82) is 0 Å². The van der Waals surface area contributed by atoms with E-state index in [2.05, 4.69) is 128 Å². The molecule has 0 saturated carbocycles. The van der Waals surface area contributed by atoms with Crippen molar-refractivity contribution < 1.29 is 79.1 Å². The van der Waals surface area contributed by atoms with Gasteiger partial charge in [-0.1, -0.05) is 162 Å². The smallest absolute Gasteiger partial charge is 0.310 e. The van der Waals surface area contributed by atoms with E-state index in [4.69, 9.17) is 69.5 Å². The zero-order valence-corrected chi connectivity index (χ0v) is 64.5. The molecule has 6 aromatic rings. The maximum atomic E-state index is 16.0. The quantitative estimate of drug-likeness (QED) is 0.00869. The lowest BCUT2D eigenvalue weighted by Gasteiger charge is -2.50. The van der Waals surface area contributed by atoms with E-state index in [0.717, 1.165) is 22.4 Å². The van der Waals surface area contributed by atoms with Crippen molar-refractivity contribution >= 4 is 44.8 Å². The van der Waals surface area contributed by atoms with Gasteiger partial charge < -0.3 is 69.5 Å². The molecule has 0 N–H and O–H groups in total. The normalized spacial score (nSPS) is 18.9. The molecule has 7 rings (SSSR count). The van der Waals surface area contributed by atoms with Crippen molar-refractivity contribution in [2.75, 3.05) is 49.5 Å².